The molecule has 2 aromatic rings. The predicted octanol–water partition coefficient (Wildman–Crippen LogP) is 3.37. The molecule has 1 unspecified atom stereocenters. The summed E-state index contributed by atoms with van der Waals surface area (Å²) in [6, 6.07) is 7.16. The Labute approximate surface area is 141 Å². The highest BCUT2D eigenvalue weighted by Gasteiger charge is 2.31. The molecular weight excluding hydrogens is 304 g/mol. The Morgan fingerprint density at radius 1 is 1.29 bits per heavy atom. The fraction of sp³-hybridized carbons (Fsp3) is 0.389. The van der Waals surface area contributed by atoms with Crippen molar-refractivity contribution in [3.63, 3.8) is 0 Å². The summed E-state index contributed by atoms with van der Waals surface area (Å²) in [6.45, 7) is 5.51. The first-order valence-electron chi connectivity index (χ1n) is 8.19. The lowest BCUT2D eigenvalue weighted by Crippen LogP contribution is -2.19. The van der Waals surface area contributed by atoms with Crippen molar-refractivity contribution in [2.45, 2.75) is 39.7 Å². The summed E-state index contributed by atoms with van der Waals surface area (Å²) in [6.07, 6.45) is 4.21. The normalized spacial score (nSPS) is 15.0. The fourth-order valence-corrected chi connectivity index (χ4v) is 2.81. The summed E-state index contributed by atoms with van der Waals surface area (Å²) in [5.41, 5.74) is 2.04. The second kappa shape index (κ2) is 6.47. The van der Waals surface area contributed by atoms with Crippen LogP contribution in [-0.2, 0) is 4.79 Å². The third kappa shape index (κ3) is 3.48. The van der Waals surface area contributed by atoms with Crippen LogP contribution in [0.25, 0.3) is 0 Å². The van der Waals surface area contributed by atoms with Crippen LogP contribution >= 0.6 is 0 Å². The monoisotopic (exact) mass is 326 g/mol. The Morgan fingerprint density at radius 3 is 2.71 bits per heavy atom. The number of aryl methyl sites for hydroxylation is 1. The van der Waals surface area contributed by atoms with Crippen molar-refractivity contribution in [1.82, 2.24) is 9.78 Å². The third-order valence-corrected chi connectivity index (χ3v) is 4.35. The van der Waals surface area contributed by atoms with E-state index in [4.69, 9.17) is 0 Å². The Morgan fingerprint density at radius 2 is 2.04 bits per heavy atom. The molecule has 1 aromatic heterocycles. The number of nitrogens with zero attached hydrogens (tertiary/aromatic N) is 2. The van der Waals surface area contributed by atoms with Crippen molar-refractivity contribution in [3.8, 4) is 0 Å². The summed E-state index contributed by atoms with van der Waals surface area (Å²) < 4.78 is 1.91. The van der Waals surface area contributed by atoms with Gasteiger partial charge in [0.25, 0.3) is 5.91 Å². The summed E-state index contributed by atoms with van der Waals surface area (Å²) in [5.74, 6) is 1.00. The molecule has 0 bridgehead atoms. The average molecular weight is 326 g/mol. The van der Waals surface area contributed by atoms with Gasteiger partial charge in [0.2, 0.25) is 5.91 Å². The lowest BCUT2D eigenvalue weighted by atomic mass is 10.2. The van der Waals surface area contributed by atoms with E-state index < -0.39 is 0 Å². The Hall–Kier alpha value is -2.63. The van der Waals surface area contributed by atoms with Gasteiger partial charge in [0, 0.05) is 23.7 Å². The average Bonchev–Trinajstić information content (AvgIpc) is 3.32. The number of aromatic nitrogens is 2. The number of anilines is 2. The molecule has 3 rings (SSSR count). The zero-order valence-corrected chi connectivity index (χ0v) is 14.2. The molecule has 0 radical (unpaired) electrons. The summed E-state index contributed by atoms with van der Waals surface area (Å²) >= 11 is 0. The van der Waals surface area contributed by atoms with Gasteiger partial charge in [-0.15, -0.1) is 0 Å². The van der Waals surface area contributed by atoms with Gasteiger partial charge >= 0.3 is 0 Å². The van der Waals surface area contributed by atoms with Gasteiger partial charge in [-0.05, 0) is 50.8 Å². The third-order valence-electron chi connectivity index (χ3n) is 4.35. The standard InChI is InChI=1S/C18H22N4O2/c1-11-10-19-22(12(2)14-7-8-14)17(11)21-18(24)15-5-4-6-16(9-15)20-13(3)23/h4-6,9-10,12,14H,7-8H2,1-3H3,(H,20,23)(H,21,24). The van der Waals surface area contributed by atoms with Crippen LogP contribution in [0.3, 0.4) is 0 Å². The van der Waals surface area contributed by atoms with Crippen molar-refractivity contribution in [2.24, 2.45) is 5.92 Å². The van der Waals surface area contributed by atoms with Crippen LogP contribution in [0.15, 0.2) is 30.5 Å². The molecule has 1 aromatic carbocycles. The molecule has 0 aliphatic heterocycles. The van der Waals surface area contributed by atoms with Crippen molar-refractivity contribution >= 4 is 23.3 Å². The van der Waals surface area contributed by atoms with Gasteiger partial charge in [-0.1, -0.05) is 6.07 Å². The van der Waals surface area contributed by atoms with Crippen LogP contribution in [0.2, 0.25) is 0 Å². The van der Waals surface area contributed by atoms with Crippen molar-refractivity contribution in [3.05, 3.63) is 41.6 Å². The molecule has 2 N–H and O–H groups in total. The first kappa shape index (κ1) is 16.2. The molecule has 0 saturated heterocycles. The topological polar surface area (TPSA) is 76.0 Å². The van der Waals surface area contributed by atoms with Gasteiger partial charge in [0.1, 0.15) is 5.82 Å². The highest BCUT2D eigenvalue weighted by molar-refractivity contribution is 6.05. The van der Waals surface area contributed by atoms with Gasteiger partial charge in [0.15, 0.2) is 0 Å². The lowest BCUT2D eigenvalue weighted by molar-refractivity contribution is -0.114. The van der Waals surface area contributed by atoms with E-state index in [1.54, 1.807) is 30.5 Å². The van der Waals surface area contributed by atoms with Crippen molar-refractivity contribution in [2.75, 3.05) is 10.6 Å². The zero-order valence-electron chi connectivity index (χ0n) is 14.2. The number of rotatable bonds is 5. The summed E-state index contributed by atoms with van der Waals surface area (Å²) in [5, 5.41) is 10.1. The summed E-state index contributed by atoms with van der Waals surface area (Å²) in [7, 11) is 0. The molecule has 1 atom stereocenters. The molecule has 1 saturated carbocycles. The van der Waals surface area contributed by atoms with Crippen molar-refractivity contribution in [1.29, 1.82) is 0 Å². The molecule has 1 aliphatic rings. The smallest absolute Gasteiger partial charge is 0.256 e. The number of nitrogens with one attached hydrogen (secondary N) is 2. The number of benzene rings is 1. The molecular formula is C18H22N4O2. The minimum atomic E-state index is -0.213. The fourth-order valence-electron chi connectivity index (χ4n) is 2.81. The molecule has 0 spiro atoms. The van der Waals surface area contributed by atoms with Gasteiger partial charge in [-0.3, -0.25) is 9.59 Å². The van der Waals surface area contributed by atoms with E-state index in [1.165, 1.54) is 19.8 Å². The van der Waals surface area contributed by atoms with Crippen LogP contribution in [0, 0.1) is 12.8 Å². The SMILES string of the molecule is CC(=O)Nc1cccc(C(=O)Nc2c(C)cnn2C(C)C2CC2)c1. The molecule has 1 aliphatic carbocycles. The number of hydrogen-bond donors (Lipinski definition) is 2. The van der Waals surface area contributed by atoms with Gasteiger partial charge in [-0.25, -0.2) is 4.68 Å². The van der Waals surface area contributed by atoms with Crippen molar-refractivity contribution < 1.29 is 9.59 Å². The van der Waals surface area contributed by atoms with E-state index >= 15 is 0 Å². The van der Waals surface area contributed by atoms with Crippen LogP contribution in [0.4, 0.5) is 11.5 Å². The van der Waals surface area contributed by atoms with Gasteiger partial charge in [-0.2, -0.15) is 5.10 Å². The van der Waals surface area contributed by atoms with Crippen LogP contribution in [0.5, 0.6) is 0 Å². The second-order valence-corrected chi connectivity index (χ2v) is 6.41. The molecule has 2 amide bonds. The maximum absolute atomic E-state index is 12.6. The highest BCUT2D eigenvalue weighted by atomic mass is 16.2. The van der Waals surface area contributed by atoms with E-state index in [0.717, 1.165) is 11.4 Å². The molecule has 126 valence electrons. The van der Waals surface area contributed by atoms with E-state index in [1.807, 2.05) is 11.6 Å². The van der Waals surface area contributed by atoms with Gasteiger partial charge < -0.3 is 10.6 Å². The first-order valence-corrected chi connectivity index (χ1v) is 8.19. The maximum Gasteiger partial charge on any atom is 0.256 e. The number of amides is 2. The quantitative estimate of drug-likeness (QED) is 0.884. The summed E-state index contributed by atoms with van der Waals surface area (Å²) in [4.78, 5) is 23.8. The minimum Gasteiger partial charge on any atom is -0.326 e. The molecule has 6 heteroatoms. The first-order chi connectivity index (χ1) is 11.5. The van der Waals surface area contributed by atoms with E-state index in [9.17, 15) is 9.59 Å². The van der Waals surface area contributed by atoms with E-state index in [-0.39, 0.29) is 17.9 Å². The molecule has 6 nitrogen and oxygen atoms in total. The van der Waals surface area contributed by atoms with Crippen LogP contribution in [-0.4, -0.2) is 21.6 Å². The predicted molar refractivity (Wildman–Crippen MR) is 93.1 cm³/mol. The number of carbonyl (C=O) groups excluding carboxylic acids is 2. The van der Waals surface area contributed by atoms with E-state index in [2.05, 4.69) is 22.7 Å². The minimum absolute atomic E-state index is 0.167. The number of hydrogen-bond acceptors (Lipinski definition) is 3. The lowest BCUT2D eigenvalue weighted by Gasteiger charge is -2.16. The Kier molecular flexibility index (Phi) is 4.38. The maximum atomic E-state index is 12.6. The Balaban J connectivity index is 1.80. The second-order valence-electron chi connectivity index (χ2n) is 6.41. The van der Waals surface area contributed by atoms with Crippen LogP contribution < -0.4 is 10.6 Å². The van der Waals surface area contributed by atoms with Gasteiger partial charge in [0.05, 0.1) is 12.2 Å². The number of carbonyl (C=O) groups is 2. The zero-order chi connectivity index (χ0) is 17.3. The largest absolute Gasteiger partial charge is 0.326 e. The molecule has 24 heavy (non-hydrogen) atoms. The molecule has 1 heterocycles. The van der Waals surface area contributed by atoms with E-state index in [0.29, 0.717) is 17.2 Å². The molecule has 1 fully saturated rings. The van der Waals surface area contributed by atoms with Crippen LogP contribution in [0.1, 0.15) is 48.7 Å². The Bertz CT molecular complexity index is 777. The highest BCUT2D eigenvalue weighted by Crippen LogP contribution is 2.40.